The number of rotatable bonds is 7. The lowest BCUT2D eigenvalue weighted by molar-refractivity contribution is 1.80. The third kappa shape index (κ3) is 4.30. The van der Waals surface area contributed by atoms with Crippen LogP contribution < -0.4 is 0 Å². The van der Waals surface area contributed by atoms with Crippen LogP contribution in [-0.2, 0) is 0 Å². The molecule has 8 heterocycles. The predicted octanol–water partition coefficient (Wildman–Crippen LogP) is 13.8. The highest BCUT2D eigenvalue weighted by atomic mass is 32.1. The fraction of sp³-hybridized carbons (Fsp3) is 0. The van der Waals surface area contributed by atoms with Gasteiger partial charge in [0.1, 0.15) is 0 Å². The Kier molecular flexibility index (Phi) is 6.82. The van der Waals surface area contributed by atoms with Crippen LogP contribution in [0.2, 0.25) is 0 Å². The van der Waals surface area contributed by atoms with E-state index in [9.17, 15) is 0 Å². The Hall–Kier alpha value is -2.40. The Bertz CT molecular complexity index is 1810. The van der Waals surface area contributed by atoms with E-state index in [4.69, 9.17) is 0 Å². The van der Waals surface area contributed by atoms with Crippen molar-refractivity contribution >= 4 is 90.7 Å². The van der Waals surface area contributed by atoms with Crippen molar-refractivity contribution in [2.24, 2.45) is 0 Å². The molecule has 0 atom stereocenters. The maximum absolute atomic E-state index is 2.30. The smallest absolute Gasteiger partial charge is 0.0549 e. The Labute approximate surface area is 264 Å². The van der Waals surface area contributed by atoms with Gasteiger partial charge in [-0.05, 0) is 68.7 Å². The molecule has 8 aromatic rings. The second-order valence-corrected chi connectivity index (χ2v) is 16.6. The van der Waals surface area contributed by atoms with Crippen LogP contribution in [0.25, 0.3) is 71.0 Å². The molecule has 8 heteroatoms. The van der Waals surface area contributed by atoms with Gasteiger partial charge in [0.05, 0.1) is 19.5 Å². The Morgan fingerprint density at radius 1 is 0.275 bits per heavy atom. The van der Waals surface area contributed by atoms with E-state index in [1.54, 1.807) is 0 Å². The average Bonchev–Trinajstić information content (AvgIpc) is 3.85. The molecule has 0 spiro atoms. The van der Waals surface area contributed by atoms with Crippen LogP contribution in [0.5, 0.6) is 0 Å². The van der Waals surface area contributed by atoms with Crippen molar-refractivity contribution in [1.82, 2.24) is 0 Å². The van der Waals surface area contributed by atoms with Gasteiger partial charge < -0.3 is 0 Å². The number of hydrogen-bond donors (Lipinski definition) is 0. The van der Waals surface area contributed by atoms with Gasteiger partial charge in [-0.1, -0.05) is 36.4 Å². The summed E-state index contributed by atoms with van der Waals surface area (Å²) >= 11 is 15.0. The van der Waals surface area contributed by atoms with Crippen molar-refractivity contribution in [3.05, 3.63) is 105 Å². The average molecular weight is 659 g/mol. The fourth-order valence-corrected chi connectivity index (χ4v) is 12.9. The molecule has 0 aliphatic heterocycles. The second kappa shape index (κ2) is 10.8. The van der Waals surface area contributed by atoms with Gasteiger partial charge in [-0.25, -0.2) is 0 Å². The van der Waals surface area contributed by atoms with Crippen molar-refractivity contribution in [3.8, 4) is 71.0 Å². The minimum Gasteiger partial charge on any atom is -0.144 e. The van der Waals surface area contributed by atoms with E-state index < -0.39 is 0 Å². The van der Waals surface area contributed by atoms with Gasteiger partial charge in [0.25, 0.3) is 0 Å². The van der Waals surface area contributed by atoms with E-state index >= 15 is 0 Å². The van der Waals surface area contributed by atoms with Crippen LogP contribution in [-0.4, -0.2) is 0 Å². The third-order valence-electron chi connectivity index (χ3n) is 6.58. The summed E-state index contributed by atoms with van der Waals surface area (Å²) < 4.78 is 0. The lowest BCUT2D eigenvalue weighted by atomic mass is 9.99. The van der Waals surface area contributed by atoms with Gasteiger partial charge in [-0.2, -0.15) is 0 Å². The first kappa shape index (κ1) is 25.3. The van der Waals surface area contributed by atoms with E-state index in [0.29, 0.717) is 0 Å². The zero-order valence-corrected chi connectivity index (χ0v) is 27.2. The molecule has 0 nitrogen and oxygen atoms in total. The summed E-state index contributed by atoms with van der Waals surface area (Å²) in [6, 6.07) is 26.8. The van der Waals surface area contributed by atoms with Crippen LogP contribution in [0.15, 0.2) is 105 Å². The van der Waals surface area contributed by atoms with Crippen molar-refractivity contribution < 1.29 is 0 Å². The Morgan fingerprint density at radius 3 is 0.775 bits per heavy atom. The van der Waals surface area contributed by atoms with Gasteiger partial charge >= 0.3 is 0 Å². The molecule has 0 aromatic carbocycles. The third-order valence-corrected chi connectivity index (χ3v) is 14.8. The van der Waals surface area contributed by atoms with E-state index in [2.05, 4.69) is 105 Å². The fourth-order valence-electron chi connectivity index (χ4n) is 4.97. The monoisotopic (exact) mass is 658 g/mol. The molecule has 0 amide bonds. The first-order valence-electron chi connectivity index (χ1n) is 12.4. The number of hydrogen-bond acceptors (Lipinski definition) is 8. The lowest BCUT2D eigenvalue weighted by Gasteiger charge is -2.08. The summed E-state index contributed by atoms with van der Waals surface area (Å²) in [5.74, 6) is 0. The second-order valence-electron chi connectivity index (χ2n) is 8.88. The van der Waals surface area contributed by atoms with Gasteiger partial charge in [-0.3, -0.25) is 0 Å². The van der Waals surface area contributed by atoms with E-state index in [1.807, 2.05) is 90.7 Å². The lowest BCUT2D eigenvalue weighted by Crippen LogP contribution is -1.82. The highest BCUT2D eigenvalue weighted by molar-refractivity contribution is 7.31. The molecule has 0 bridgehead atoms. The molecule has 0 unspecified atom stereocenters. The van der Waals surface area contributed by atoms with Crippen molar-refractivity contribution in [2.75, 3.05) is 0 Å². The molecular formula is C32H18S8. The molecule has 194 valence electrons. The highest BCUT2D eigenvalue weighted by Crippen LogP contribution is 2.61. The summed E-state index contributed by atoms with van der Waals surface area (Å²) in [5.41, 5.74) is 5.50. The van der Waals surface area contributed by atoms with E-state index in [0.717, 1.165) is 0 Å². The normalized spacial score (nSPS) is 11.5. The maximum Gasteiger partial charge on any atom is 0.0549 e. The van der Waals surface area contributed by atoms with Crippen molar-refractivity contribution in [3.63, 3.8) is 0 Å². The first-order chi connectivity index (χ1) is 19.9. The molecule has 8 rings (SSSR count). The quantitative estimate of drug-likeness (QED) is 0.160. The highest BCUT2D eigenvalue weighted by Gasteiger charge is 2.31. The van der Waals surface area contributed by atoms with Gasteiger partial charge in [0, 0.05) is 51.5 Å². The standard InChI is InChI=1S/C32H18S8/c1-7-19(33-13-1)25-27(21-9-3-15-35-21)31(39-29(25)23-11-5-17-37-23)32-28(22-10-4-16-36-22)26(20-8-2-14-34-20)30(40-32)24-12-6-18-38-24/h1-18H. The molecule has 8 aromatic heterocycles. The van der Waals surface area contributed by atoms with Crippen molar-refractivity contribution in [2.45, 2.75) is 0 Å². The van der Waals surface area contributed by atoms with Crippen LogP contribution in [0.4, 0.5) is 0 Å². The van der Waals surface area contributed by atoms with Gasteiger partial charge in [0.15, 0.2) is 0 Å². The van der Waals surface area contributed by atoms with E-state index in [-0.39, 0.29) is 0 Å². The van der Waals surface area contributed by atoms with Crippen LogP contribution in [0.3, 0.4) is 0 Å². The zero-order valence-electron chi connectivity index (χ0n) is 20.7. The predicted molar refractivity (Wildman–Crippen MR) is 188 cm³/mol. The molecular weight excluding hydrogens is 641 g/mol. The molecule has 0 aliphatic rings. The molecule has 0 N–H and O–H groups in total. The molecule has 40 heavy (non-hydrogen) atoms. The zero-order chi connectivity index (χ0) is 26.5. The largest absolute Gasteiger partial charge is 0.144 e. The Morgan fingerprint density at radius 2 is 0.525 bits per heavy atom. The first-order valence-corrected chi connectivity index (χ1v) is 19.3. The molecule has 0 radical (unpaired) electrons. The summed E-state index contributed by atoms with van der Waals surface area (Å²) in [4.78, 5) is 13.5. The molecule has 0 saturated heterocycles. The maximum atomic E-state index is 2.30. The summed E-state index contributed by atoms with van der Waals surface area (Å²) in [5, 5.41) is 13.2. The van der Waals surface area contributed by atoms with E-state index in [1.165, 1.54) is 71.0 Å². The topological polar surface area (TPSA) is 0 Å². The van der Waals surface area contributed by atoms with Crippen LogP contribution in [0, 0.1) is 0 Å². The van der Waals surface area contributed by atoms with Crippen LogP contribution >= 0.6 is 90.7 Å². The van der Waals surface area contributed by atoms with Crippen molar-refractivity contribution in [1.29, 1.82) is 0 Å². The van der Waals surface area contributed by atoms with Gasteiger partial charge in [0.2, 0.25) is 0 Å². The molecule has 0 aliphatic carbocycles. The molecule has 0 fully saturated rings. The minimum absolute atomic E-state index is 1.33. The summed E-state index contributed by atoms with van der Waals surface area (Å²) in [6.45, 7) is 0. The SMILES string of the molecule is c1csc(-c2sc(-c3sc(-c4cccs4)c(-c4cccs4)c3-c3cccs3)c(-c3cccs3)c2-c2cccs2)c1. The molecule has 0 saturated carbocycles. The number of thiophene rings is 8. The summed E-state index contributed by atoms with van der Waals surface area (Å²) in [7, 11) is 0. The minimum atomic E-state index is 1.33. The van der Waals surface area contributed by atoms with Gasteiger partial charge in [-0.15, -0.1) is 90.7 Å². The van der Waals surface area contributed by atoms with Crippen LogP contribution in [0.1, 0.15) is 0 Å². The Balaban J connectivity index is 1.52. The summed E-state index contributed by atoms with van der Waals surface area (Å²) in [6.07, 6.45) is 0.